The van der Waals surface area contributed by atoms with Crippen molar-refractivity contribution in [3.05, 3.63) is 72.0 Å². The molecule has 1 N–H and O–H groups in total. The number of aliphatic hydroxyl groups is 1. The summed E-state index contributed by atoms with van der Waals surface area (Å²) in [5.41, 5.74) is 0.839. The van der Waals surface area contributed by atoms with Gasteiger partial charge in [0, 0.05) is 5.56 Å². The highest BCUT2D eigenvalue weighted by molar-refractivity contribution is 6.10. The lowest BCUT2D eigenvalue weighted by atomic mass is 10.0. The molecule has 0 saturated carbocycles. The molecule has 0 radical (unpaired) electrons. The van der Waals surface area contributed by atoms with Gasteiger partial charge >= 0.3 is 0 Å². The van der Waals surface area contributed by atoms with Crippen molar-refractivity contribution in [3.8, 4) is 0 Å². The molecule has 0 aliphatic heterocycles. The highest BCUT2D eigenvalue weighted by Gasteiger charge is 2.11. The van der Waals surface area contributed by atoms with E-state index >= 15 is 0 Å². The molecule has 1 aromatic carbocycles. The standard InChI is InChI=1S/C14H14O2/c1-3-4-10-13(11(2)15)14(16)12-8-6-5-7-9-12/h3-10,15H,1H2,2H3/b10-4-,13-11-. The van der Waals surface area contributed by atoms with Gasteiger partial charge in [-0.2, -0.15) is 0 Å². The first-order chi connectivity index (χ1) is 7.66. The Balaban J connectivity index is 3.08. The number of aliphatic hydroxyl groups excluding tert-OH is 1. The van der Waals surface area contributed by atoms with Gasteiger partial charge in [-0.15, -0.1) is 0 Å². The second-order valence-corrected chi connectivity index (χ2v) is 3.29. The molecule has 2 heteroatoms. The van der Waals surface area contributed by atoms with Crippen LogP contribution < -0.4 is 0 Å². The molecule has 0 heterocycles. The van der Waals surface area contributed by atoms with Gasteiger partial charge in [0.25, 0.3) is 0 Å². The maximum Gasteiger partial charge on any atom is 0.196 e. The first kappa shape index (κ1) is 12.0. The van der Waals surface area contributed by atoms with Crippen molar-refractivity contribution in [2.24, 2.45) is 0 Å². The SMILES string of the molecule is C=C/C=C\C(C(=O)c1ccccc1)=C(/C)O. The highest BCUT2D eigenvalue weighted by Crippen LogP contribution is 2.12. The van der Waals surface area contributed by atoms with Gasteiger partial charge in [0.2, 0.25) is 0 Å². The van der Waals surface area contributed by atoms with E-state index in [1.807, 2.05) is 6.07 Å². The third-order valence-electron chi connectivity index (χ3n) is 2.07. The van der Waals surface area contributed by atoms with E-state index in [0.717, 1.165) is 0 Å². The fraction of sp³-hybridized carbons (Fsp3) is 0.0714. The quantitative estimate of drug-likeness (QED) is 0.361. The van der Waals surface area contributed by atoms with E-state index in [9.17, 15) is 9.90 Å². The summed E-state index contributed by atoms with van der Waals surface area (Å²) >= 11 is 0. The molecule has 0 aromatic heterocycles. The first-order valence-electron chi connectivity index (χ1n) is 4.95. The zero-order chi connectivity index (χ0) is 12.0. The number of hydrogen-bond acceptors (Lipinski definition) is 2. The average molecular weight is 214 g/mol. The summed E-state index contributed by atoms with van der Waals surface area (Å²) in [6.07, 6.45) is 4.73. The van der Waals surface area contributed by atoms with Crippen molar-refractivity contribution >= 4 is 5.78 Å². The Morgan fingerprint density at radius 2 is 1.94 bits per heavy atom. The number of allylic oxidation sites excluding steroid dienone is 5. The summed E-state index contributed by atoms with van der Waals surface area (Å²) in [6, 6.07) is 8.84. The highest BCUT2D eigenvalue weighted by atomic mass is 16.3. The van der Waals surface area contributed by atoms with Crippen LogP contribution in [0.4, 0.5) is 0 Å². The van der Waals surface area contributed by atoms with Crippen LogP contribution >= 0.6 is 0 Å². The predicted octanol–water partition coefficient (Wildman–Crippen LogP) is 3.44. The summed E-state index contributed by atoms with van der Waals surface area (Å²) in [6.45, 7) is 5.01. The van der Waals surface area contributed by atoms with Gasteiger partial charge in [0.15, 0.2) is 5.78 Å². The van der Waals surface area contributed by atoms with E-state index in [2.05, 4.69) is 6.58 Å². The normalized spacial score (nSPS) is 12.3. The number of carbonyl (C=O) groups excluding carboxylic acids is 1. The van der Waals surface area contributed by atoms with E-state index in [1.165, 1.54) is 6.92 Å². The molecule has 82 valence electrons. The van der Waals surface area contributed by atoms with Crippen LogP contribution in [0.5, 0.6) is 0 Å². The summed E-state index contributed by atoms with van der Waals surface area (Å²) < 4.78 is 0. The van der Waals surface area contributed by atoms with Crippen LogP contribution in [-0.2, 0) is 0 Å². The molecule has 0 saturated heterocycles. The van der Waals surface area contributed by atoms with Crippen molar-refractivity contribution < 1.29 is 9.90 Å². The largest absolute Gasteiger partial charge is 0.512 e. The summed E-state index contributed by atoms with van der Waals surface area (Å²) in [5.74, 6) is -0.189. The topological polar surface area (TPSA) is 37.3 Å². The van der Waals surface area contributed by atoms with Crippen LogP contribution in [0.3, 0.4) is 0 Å². The Morgan fingerprint density at radius 1 is 1.31 bits per heavy atom. The predicted molar refractivity (Wildman–Crippen MR) is 65.4 cm³/mol. The molecule has 0 spiro atoms. The van der Waals surface area contributed by atoms with Gasteiger partial charge in [-0.3, -0.25) is 4.79 Å². The lowest BCUT2D eigenvalue weighted by Gasteiger charge is -2.02. The molecule has 0 atom stereocenters. The van der Waals surface area contributed by atoms with Gasteiger partial charge < -0.3 is 5.11 Å². The Labute approximate surface area is 95.2 Å². The Kier molecular flexibility index (Phi) is 4.28. The smallest absolute Gasteiger partial charge is 0.196 e. The Hall–Kier alpha value is -2.09. The van der Waals surface area contributed by atoms with Crippen LogP contribution in [0.2, 0.25) is 0 Å². The molecule has 1 rings (SSSR count). The fourth-order valence-electron chi connectivity index (χ4n) is 1.27. The molecule has 2 nitrogen and oxygen atoms in total. The number of carbonyl (C=O) groups is 1. The number of benzene rings is 1. The minimum absolute atomic E-state index is 0.00644. The zero-order valence-electron chi connectivity index (χ0n) is 9.18. The third kappa shape index (κ3) is 2.95. The average Bonchev–Trinajstić information content (AvgIpc) is 2.30. The molecule has 0 bridgehead atoms. The van der Waals surface area contributed by atoms with E-state index < -0.39 is 0 Å². The minimum Gasteiger partial charge on any atom is -0.512 e. The number of ketones is 1. The monoisotopic (exact) mass is 214 g/mol. The third-order valence-corrected chi connectivity index (χ3v) is 2.07. The van der Waals surface area contributed by atoms with E-state index in [-0.39, 0.29) is 17.1 Å². The van der Waals surface area contributed by atoms with Crippen molar-refractivity contribution in [3.63, 3.8) is 0 Å². The van der Waals surface area contributed by atoms with Gasteiger partial charge in [0.1, 0.15) is 5.76 Å². The molecule has 16 heavy (non-hydrogen) atoms. The van der Waals surface area contributed by atoms with Crippen molar-refractivity contribution in [1.29, 1.82) is 0 Å². The molecule has 0 aliphatic carbocycles. The van der Waals surface area contributed by atoms with E-state index in [1.54, 1.807) is 42.5 Å². The maximum atomic E-state index is 12.0. The van der Waals surface area contributed by atoms with Crippen molar-refractivity contribution in [2.45, 2.75) is 6.92 Å². The molecule has 1 aromatic rings. The second kappa shape index (κ2) is 5.71. The fourth-order valence-corrected chi connectivity index (χ4v) is 1.27. The Morgan fingerprint density at radius 3 is 2.44 bits per heavy atom. The second-order valence-electron chi connectivity index (χ2n) is 3.29. The molecule has 0 aliphatic rings. The van der Waals surface area contributed by atoms with Crippen molar-refractivity contribution in [2.75, 3.05) is 0 Å². The van der Waals surface area contributed by atoms with E-state index in [4.69, 9.17) is 0 Å². The summed E-state index contributed by atoms with van der Waals surface area (Å²) in [7, 11) is 0. The minimum atomic E-state index is -0.196. The van der Waals surface area contributed by atoms with Crippen molar-refractivity contribution in [1.82, 2.24) is 0 Å². The molecule has 0 unspecified atom stereocenters. The van der Waals surface area contributed by atoms with Gasteiger partial charge in [0.05, 0.1) is 5.57 Å². The van der Waals surface area contributed by atoms with Crippen LogP contribution in [0, 0.1) is 0 Å². The van der Waals surface area contributed by atoms with Crippen LogP contribution in [0.15, 0.2) is 66.5 Å². The summed E-state index contributed by atoms with van der Waals surface area (Å²) in [5, 5.41) is 9.44. The van der Waals surface area contributed by atoms with E-state index in [0.29, 0.717) is 5.56 Å². The van der Waals surface area contributed by atoms with Gasteiger partial charge in [-0.25, -0.2) is 0 Å². The van der Waals surface area contributed by atoms with Gasteiger partial charge in [-0.1, -0.05) is 49.1 Å². The summed E-state index contributed by atoms with van der Waals surface area (Å²) in [4.78, 5) is 12.0. The molecule has 0 fully saturated rings. The first-order valence-corrected chi connectivity index (χ1v) is 4.95. The molecular formula is C14H14O2. The lowest BCUT2D eigenvalue weighted by molar-refractivity contribution is 0.103. The van der Waals surface area contributed by atoms with Crippen LogP contribution in [0.1, 0.15) is 17.3 Å². The number of hydrogen-bond donors (Lipinski definition) is 1. The number of rotatable bonds is 4. The number of Topliss-reactive ketones (excluding diaryl/α,β-unsaturated/α-hetero) is 1. The Bertz CT molecular complexity index is 435. The zero-order valence-corrected chi connectivity index (χ0v) is 9.18. The van der Waals surface area contributed by atoms with Crippen LogP contribution in [-0.4, -0.2) is 10.9 Å². The lowest BCUT2D eigenvalue weighted by Crippen LogP contribution is -2.03. The van der Waals surface area contributed by atoms with Gasteiger partial charge in [-0.05, 0) is 13.0 Å². The maximum absolute atomic E-state index is 12.0. The van der Waals surface area contributed by atoms with Crippen LogP contribution in [0.25, 0.3) is 0 Å². The molecule has 0 amide bonds. The molecular weight excluding hydrogens is 200 g/mol.